The zero-order valence-corrected chi connectivity index (χ0v) is 19.1. The zero-order chi connectivity index (χ0) is 23.6. The Morgan fingerprint density at radius 3 is 2.79 bits per heavy atom. The van der Waals surface area contributed by atoms with E-state index in [0.29, 0.717) is 33.0 Å². The van der Waals surface area contributed by atoms with Gasteiger partial charge in [0, 0.05) is 19.2 Å². The number of carbonyl (C=O) groups excluding carboxylic acids is 1. The Kier molecular flexibility index (Phi) is 6.68. The number of amides is 1. The number of alkyl halides is 2. The Morgan fingerprint density at radius 1 is 1.33 bits per heavy atom. The summed E-state index contributed by atoms with van der Waals surface area (Å²) in [6, 6.07) is 5.44. The van der Waals surface area contributed by atoms with E-state index in [1.807, 2.05) is 49.3 Å². The van der Waals surface area contributed by atoms with Crippen molar-refractivity contribution in [3.05, 3.63) is 64.8 Å². The normalized spacial score (nSPS) is 16.4. The molecular formula is C23H25F2N5O2S. The van der Waals surface area contributed by atoms with Gasteiger partial charge in [-0.05, 0) is 31.6 Å². The molecule has 1 amide bonds. The lowest BCUT2D eigenvalue weighted by atomic mass is 10.0. The quantitative estimate of drug-likeness (QED) is 0.405. The van der Waals surface area contributed by atoms with Gasteiger partial charge >= 0.3 is 6.05 Å². The fourth-order valence-corrected chi connectivity index (χ4v) is 5.03. The average molecular weight is 474 g/mol. The van der Waals surface area contributed by atoms with Crippen molar-refractivity contribution < 1.29 is 18.7 Å². The van der Waals surface area contributed by atoms with Crippen LogP contribution in [0, 0.1) is 0 Å². The molecule has 3 heterocycles. The van der Waals surface area contributed by atoms with Crippen LogP contribution in [0.25, 0.3) is 10.2 Å². The maximum absolute atomic E-state index is 15.4. The molecule has 174 valence electrons. The van der Waals surface area contributed by atoms with Crippen LogP contribution in [0.3, 0.4) is 0 Å². The van der Waals surface area contributed by atoms with E-state index in [1.165, 1.54) is 12.4 Å². The molecule has 1 aliphatic heterocycles. The SMILES string of the molecule is CN(C)CC=CC(=O)N1CCc2c(sc3ncnc(NC(CO)c4ccccc4)c23)C1(F)F. The number of hydrogen-bond acceptors (Lipinski definition) is 7. The molecule has 3 aromatic rings. The van der Waals surface area contributed by atoms with Crippen molar-refractivity contribution in [2.75, 3.05) is 39.1 Å². The van der Waals surface area contributed by atoms with Crippen LogP contribution < -0.4 is 5.32 Å². The van der Waals surface area contributed by atoms with Crippen LogP contribution in [0.1, 0.15) is 22.0 Å². The van der Waals surface area contributed by atoms with Crippen molar-refractivity contribution in [2.45, 2.75) is 18.5 Å². The lowest BCUT2D eigenvalue weighted by Gasteiger charge is -2.34. The molecule has 2 aromatic heterocycles. The number of benzene rings is 1. The molecule has 0 saturated carbocycles. The number of hydrogen-bond donors (Lipinski definition) is 2. The van der Waals surface area contributed by atoms with Crippen molar-refractivity contribution in [1.29, 1.82) is 0 Å². The number of nitrogens with zero attached hydrogens (tertiary/aromatic N) is 4. The predicted molar refractivity (Wildman–Crippen MR) is 124 cm³/mol. The summed E-state index contributed by atoms with van der Waals surface area (Å²) in [5.41, 5.74) is 1.29. The van der Waals surface area contributed by atoms with Gasteiger partial charge in [0.05, 0.1) is 18.0 Å². The molecule has 0 spiro atoms. The van der Waals surface area contributed by atoms with Gasteiger partial charge in [0.2, 0.25) is 0 Å². The Balaban J connectivity index is 1.68. The minimum Gasteiger partial charge on any atom is -0.394 e. The monoisotopic (exact) mass is 473 g/mol. The minimum atomic E-state index is -3.45. The van der Waals surface area contributed by atoms with Crippen LogP contribution in [0.4, 0.5) is 14.6 Å². The largest absolute Gasteiger partial charge is 0.394 e. The molecule has 0 saturated heterocycles. The molecule has 1 aliphatic rings. The summed E-state index contributed by atoms with van der Waals surface area (Å²) in [5, 5.41) is 13.6. The van der Waals surface area contributed by atoms with Crippen LogP contribution in [-0.2, 0) is 17.3 Å². The predicted octanol–water partition coefficient (Wildman–Crippen LogP) is 3.39. The smallest absolute Gasteiger partial charge is 0.364 e. The van der Waals surface area contributed by atoms with Crippen molar-refractivity contribution in [2.24, 2.45) is 0 Å². The van der Waals surface area contributed by atoms with E-state index in [9.17, 15) is 9.90 Å². The second kappa shape index (κ2) is 9.50. The topological polar surface area (TPSA) is 81.6 Å². The first kappa shape index (κ1) is 23.2. The fourth-order valence-electron chi connectivity index (χ4n) is 3.86. The number of halogens is 2. The number of aliphatic hydroxyl groups excluding tert-OH is 1. The van der Waals surface area contributed by atoms with E-state index in [0.717, 1.165) is 16.9 Å². The van der Waals surface area contributed by atoms with Gasteiger partial charge in [0.15, 0.2) is 0 Å². The molecule has 0 bridgehead atoms. The first-order chi connectivity index (χ1) is 15.8. The van der Waals surface area contributed by atoms with Gasteiger partial charge in [0.1, 0.15) is 21.9 Å². The molecular weight excluding hydrogens is 448 g/mol. The van der Waals surface area contributed by atoms with E-state index >= 15 is 8.78 Å². The van der Waals surface area contributed by atoms with Crippen molar-refractivity contribution in [3.8, 4) is 0 Å². The highest BCUT2D eigenvalue weighted by Crippen LogP contribution is 2.47. The van der Waals surface area contributed by atoms with Gasteiger partial charge in [0.25, 0.3) is 5.91 Å². The van der Waals surface area contributed by atoms with Crippen molar-refractivity contribution in [3.63, 3.8) is 0 Å². The molecule has 33 heavy (non-hydrogen) atoms. The number of aliphatic hydroxyl groups is 1. The highest BCUT2D eigenvalue weighted by atomic mass is 32.1. The molecule has 1 aromatic carbocycles. The van der Waals surface area contributed by atoms with Crippen LogP contribution in [0.2, 0.25) is 0 Å². The molecule has 0 fully saturated rings. The molecule has 7 nitrogen and oxygen atoms in total. The fraction of sp³-hybridized carbons (Fsp3) is 0.348. The lowest BCUT2D eigenvalue weighted by Crippen LogP contribution is -2.47. The molecule has 4 rings (SSSR count). The highest BCUT2D eigenvalue weighted by Gasteiger charge is 2.48. The van der Waals surface area contributed by atoms with Gasteiger partial charge in [-0.2, -0.15) is 8.78 Å². The summed E-state index contributed by atoms with van der Waals surface area (Å²) in [6.07, 6.45) is 4.35. The van der Waals surface area contributed by atoms with Gasteiger partial charge in [-0.1, -0.05) is 36.4 Å². The van der Waals surface area contributed by atoms with Crippen LogP contribution in [0.15, 0.2) is 48.8 Å². The van der Waals surface area contributed by atoms with E-state index in [2.05, 4.69) is 15.3 Å². The Labute approximate surface area is 194 Å². The lowest BCUT2D eigenvalue weighted by molar-refractivity contribution is -0.176. The van der Waals surface area contributed by atoms with E-state index < -0.39 is 18.0 Å². The third-order valence-electron chi connectivity index (χ3n) is 5.48. The number of likely N-dealkylation sites (N-methyl/N-ethyl adjacent to an activating group) is 1. The second-order valence-electron chi connectivity index (χ2n) is 8.05. The molecule has 10 heteroatoms. The molecule has 0 aliphatic carbocycles. The average Bonchev–Trinajstić information content (AvgIpc) is 3.19. The Bertz CT molecular complexity index is 1170. The van der Waals surface area contributed by atoms with Crippen LogP contribution >= 0.6 is 11.3 Å². The number of aromatic nitrogens is 2. The minimum absolute atomic E-state index is 0.118. The van der Waals surface area contributed by atoms with Crippen LogP contribution in [0.5, 0.6) is 0 Å². The summed E-state index contributed by atoms with van der Waals surface area (Å²) >= 11 is 0.871. The summed E-state index contributed by atoms with van der Waals surface area (Å²) in [4.78, 5) is 23.7. The number of thiophene rings is 1. The maximum Gasteiger partial charge on any atom is 0.364 e. The third kappa shape index (κ3) is 4.59. The second-order valence-corrected chi connectivity index (χ2v) is 9.05. The standard InChI is InChI=1S/C23H25F2N5O2S/c1-29(2)11-6-9-18(32)30-12-10-16-19-21(28-17(13-31)15-7-4-3-5-8-15)26-14-27-22(19)33-20(16)23(30,24)25/h3-9,14,17,31H,10-13H2,1-2H3,(H,26,27,28). The first-order valence-electron chi connectivity index (χ1n) is 10.5. The van der Waals surface area contributed by atoms with Gasteiger partial charge < -0.3 is 15.3 Å². The molecule has 2 N–H and O–H groups in total. The highest BCUT2D eigenvalue weighted by molar-refractivity contribution is 7.19. The summed E-state index contributed by atoms with van der Waals surface area (Å²) < 4.78 is 30.8. The van der Waals surface area contributed by atoms with E-state index in [4.69, 9.17) is 0 Å². The summed E-state index contributed by atoms with van der Waals surface area (Å²) in [6.45, 7) is 0.171. The number of nitrogens with one attached hydrogen (secondary N) is 1. The molecule has 1 atom stereocenters. The van der Waals surface area contributed by atoms with Crippen LogP contribution in [-0.4, -0.2) is 64.6 Å². The number of rotatable bonds is 7. The number of anilines is 1. The van der Waals surface area contributed by atoms with Gasteiger partial charge in [-0.25, -0.2) is 9.97 Å². The maximum atomic E-state index is 15.4. The van der Waals surface area contributed by atoms with Gasteiger partial charge in [-0.15, -0.1) is 11.3 Å². The third-order valence-corrected chi connectivity index (χ3v) is 6.68. The molecule has 0 radical (unpaired) electrons. The Hall–Kier alpha value is -2.95. The van der Waals surface area contributed by atoms with Crippen molar-refractivity contribution in [1.82, 2.24) is 19.8 Å². The number of carbonyl (C=O) groups is 1. The molecule has 1 unspecified atom stereocenters. The Morgan fingerprint density at radius 2 is 2.09 bits per heavy atom. The summed E-state index contributed by atoms with van der Waals surface area (Å²) in [7, 11) is 3.67. The summed E-state index contributed by atoms with van der Waals surface area (Å²) in [5.74, 6) is -0.333. The van der Waals surface area contributed by atoms with E-state index in [-0.39, 0.29) is 24.4 Å². The van der Waals surface area contributed by atoms with Gasteiger partial charge in [-0.3, -0.25) is 9.69 Å². The first-order valence-corrected chi connectivity index (χ1v) is 11.3. The van der Waals surface area contributed by atoms with E-state index in [1.54, 1.807) is 6.08 Å². The number of fused-ring (bicyclic) bond motifs is 3. The zero-order valence-electron chi connectivity index (χ0n) is 18.3. The van der Waals surface area contributed by atoms with Crippen molar-refractivity contribution >= 4 is 33.3 Å².